The fraction of sp³-hybridized carbons (Fsp3) is 0.571. The maximum absolute atomic E-state index is 12.3. The van der Waals surface area contributed by atoms with Crippen molar-refractivity contribution in [3.8, 4) is 0 Å². The van der Waals surface area contributed by atoms with Crippen molar-refractivity contribution in [3.05, 3.63) is 35.5 Å². The second-order valence-corrected chi connectivity index (χ2v) is 8.71. The number of hydrogen-bond acceptors (Lipinski definition) is 4. The molecule has 0 spiro atoms. The highest BCUT2D eigenvalue weighted by molar-refractivity contribution is 7.99. The lowest BCUT2D eigenvalue weighted by Gasteiger charge is -2.41. The molecule has 5 heteroatoms. The summed E-state index contributed by atoms with van der Waals surface area (Å²) in [6.45, 7) is 4.52. The molecular formula is C21H28N2O2S. The number of esters is 1. The summed E-state index contributed by atoms with van der Waals surface area (Å²) in [6, 6.07) is 9.03. The van der Waals surface area contributed by atoms with E-state index in [0.29, 0.717) is 6.04 Å². The molecule has 2 aliphatic rings. The Kier molecular flexibility index (Phi) is 4.78. The van der Waals surface area contributed by atoms with Gasteiger partial charge in [0.1, 0.15) is 5.25 Å². The molecule has 4 rings (SSSR count). The number of nitrogens with one attached hydrogen (secondary N) is 1. The summed E-state index contributed by atoms with van der Waals surface area (Å²) in [6.07, 6.45) is 6.24. The van der Waals surface area contributed by atoms with Crippen LogP contribution in [0.25, 0.3) is 10.9 Å². The van der Waals surface area contributed by atoms with E-state index in [9.17, 15) is 4.79 Å². The molecule has 2 aliphatic heterocycles. The molecule has 26 heavy (non-hydrogen) atoms. The normalized spacial score (nSPS) is 26.5. The monoisotopic (exact) mass is 372 g/mol. The lowest BCUT2D eigenvalue weighted by atomic mass is 9.71. The zero-order valence-electron chi connectivity index (χ0n) is 15.9. The molecule has 1 saturated heterocycles. The molecule has 3 atom stereocenters. The molecule has 0 radical (unpaired) electrons. The van der Waals surface area contributed by atoms with Crippen LogP contribution in [0.4, 0.5) is 0 Å². The minimum atomic E-state index is -0.0883. The molecule has 1 aromatic carbocycles. The van der Waals surface area contributed by atoms with Gasteiger partial charge in [-0.05, 0) is 55.5 Å². The topological polar surface area (TPSA) is 45.3 Å². The Hall–Kier alpha value is -1.46. The number of carbonyl (C=O) groups excluding carboxylic acids is 1. The Morgan fingerprint density at radius 2 is 2.23 bits per heavy atom. The van der Waals surface area contributed by atoms with Crippen molar-refractivity contribution in [2.75, 3.05) is 26.5 Å². The van der Waals surface area contributed by atoms with E-state index in [1.807, 2.05) is 6.26 Å². The number of fused-ring (bicyclic) bond motifs is 5. The van der Waals surface area contributed by atoms with Crippen molar-refractivity contribution < 1.29 is 9.53 Å². The highest BCUT2D eigenvalue weighted by Gasteiger charge is 2.51. The van der Waals surface area contributed by atoms with Gasteiger partial charge < -0.3 is 9.72 Å². The van der Waals surface area contributed by atoms with Crippen molar-refractivity contribution in [2.24, 2.45) is 5.41 Å². The first-order valence-electron chi connectivity index (χ1n) is 9.57. The van der Waals surface area contributed by atoms with Gasteiger partial charge >= 0.3 is 5.97 Å². The fourth-order valence-corrected chi connectivity index (χ4v) is 6.01. The smallest absolute Gasteiger partial charge is 0.318 e. The van der Waals surface area contributed by atoms with E-state index in [0.717, 1.165) is 38.8 Å². The molecule has 0 amide bonds. The Labute approximate surface area is 159 Å². The summed E-state index contributed by atoms with van der Waals surface area (Å²) in [5, 5.41) is 1.28. The van der Waals surface area contributed by atoms with Gasteiger partial charge in [0.2, 0.25) is 0 Å². The van der Waals surface area contributed by atoms with Crippen LogP contribution >= 0.6 is 11.8 Å². The third-order valence-corrected chi connectivity index (χ3v) is 7.58. The molecule has 3 heterocycles. The summed E-state index contributed by atoms with van der Waals surface area (Å²) in [4.78, 5) is 18.7. The van der Waals surface area contributed by atoms with Crippen LogP contribution in [0.2, 0.25) is 0 Å². The van der Waals surface area contributed by atoms with Gasteiger partial charge in [0, 0.05) is 23.1 Å². The summed E-state index contributed by atoms with van der Waals surface area (Å²) < 4.78 is 5.08. The highest BCUT2D eigenvalue weighted by Crippen LogP contribution is 2.55. The minimum Gasteiger partial charge on any atom is -0.468 e. The molecule has 1 N–H and O–H groups in total. The average Bonchev–Trinajstić information content (AvgIpc) is 3.24. The van der Waals surface area contributed by atoms with Gasteiger partial charge in [-0.3, -0.25) is 9.69 Å². The number of para-hydroxylation sites is 1. The Morgan fingerprint density at radius 1 is 1.42 bits per heavy atom. The third-order valence-electron chi connectivity index (χ3n) is 6.66. The van der Waals surface area contributed by atoms with Gasteiger partial charge in [-0.15, -0.1) is 0 Å². The Bertz CT molecular complexity index is 817. The molecule has 0 saturated carbocycles. The lowest BCUT2D eigenvalue weighted by molar-refractivity contribution is -0.140. The number of methoxy groups -OCH3 is 1. The van der Waals surface area contributed by atoms with E-state index in [1.54, 1.807) is 11.8 Å². The van der Waals surface area contributed by atoms with E-state index >= 15 is 0 Å². The number of carbonyl (C=O) groups is 1. The number of rotatable bonds is 5. The van der Waals surface area contributed by atoms with Crippen LogP contribution in [-0.4, -0.2) is 47.6 Å². The van der Waals surface area contributed by atoms with Crippen molar-refractivity contribution >= 4 is 28.6 Å². The second kappa shape index (κ2) is 6.93. The molecule has 1 aromatic heterocycles. The van der Waals surface area contributed by atoms with Gasteiger partial charge in [-0.1, -0.05) is 25.1 Å². The number of thioether (sulfide) groups is 1. The number of benzene rings is 1. The van der Waals surface area contributed by atoms with Gasteiger partial charge in [0.15, 0.2) is 0 Å². The largest absolute Gasteiger partial charge is 0.468 e. The van der Waals surface area contributed by atoms with E-state index in [4.69, 9.17) is 4.74 Å². The van der Waals surface area contributed by atoms with E-state index in [2.05, 4.69) is 41.1 Å². The quantitative estimate of drug-likeness (QED) is 0.801. The van der Waals surface area contributed by atoms with Gasteiger partial charge in [0.05, 0.1) is 13.2 Å². The van der Waals surface area contributed by atoms with Crippen molar-refractivity contribution in [3.63, 3.8) is 0 Å². The maximum atomic E-state index is 12.3. The number of hydrogen-bond donors (Lipinski definition) is 1. The Balaban J connectivity index is 1.76. The van der Waals surface area contributed by atoms with Crippen LogP contribution in [0.15, 0.2) is 24.3 Å². The zero-order chi connectivity index (χ0) is 18.3. The molecule has 140 valence electrons. The highest BCUT2D eigenvalue weighted by atomic mass is 32.2. The molecule has 0 bridgehead atoms. The van der Waals surface area contributed by atoms with Crippen LogP contribution in [0.1, 0.15) is 43.5 Å². The predicted molar refractivity (Wildman–Crippen MR) is 108 cm³/mol. The van der Waals surface area contributed by atoms with Gasteiger partial charge in [0.25, 0.3) is 0 Å². The summed E-state index contributed by atoms with van der Waals surface area (Å²) in [5.41, 5.74) is 4.24. The number of aromatic nitrogens is 1. The van der Waals surface area contributed by atoms with E-state index in [1.165, 1.54) is 29.3 Å². The second-order valence-electron chi connectivity index (χ2n) is 7.67. The maximum Gasteiger partial charge on any atom is 0.318 e. The summed E-state index contributed by atoms with van der Waals surface area (Å²) in [5.74, 6) is -0.0866. The van der Waals surface area contributed by atoms with Crippen molar-refractivity contribution in [1.82, 2.24) is 9.88 Å². The van der Waals surface area contributed by atoms with Crippen LogP contribution in [0.3, 0.4) is 0 Å². The number of aromatic amines is 1. The first kappa shape index (κ1) is 17.9. The average molecular weight is 373 g/mol. The van der Waals surface area contributed by atoms with E-state index < -0.39 is 0 Å². The minimum absolute atomic E-state index is 0.0866. The first-order valence-corrected chi connectivity index (χ1v) is 10.9. The number of ether oxygens (including phenoxy) is 1. The Morgan fingerprint density at radius 3 is 2.96 bits per heavy atom. The van der Waals surface area contributed by atoms with Gasteiger partial charge in [-0.2, -0.15) is 11.8 Å². The molecule has 4 nitrogen and oxygen atoms in total. The van der Waals surface area contributed by atoms with Crippen LogP contribution < -0.4 is 0 Å². The molecule has 1 fully saturated rings. The standard InChI is InChI=1S/C21H28N2O2S/c1-4-21(13-17(26-3)20(24)25-2)10-12-23-11-9-15-14-7-5-6-8-16(14)22-18(15)19(21)23/h5-8,17,19,22H,4,9-13H2,1-3H3/t17?,19-,21-/m1/s1. The van der Waals surface area contributed by atoms with Crippen LogP contribution in [0, 0.1) is 5.41 Å². The van der Waals surface area contributed by atoms with Crippen LogP contribution in [0.5, 0.6) is 0 Å². The molecule has 1 unspecified atom stereocenters. The summed E-state index contributed by atoms with van der Waals surface area (Å²) in [7, 11) is 1.50. The lowest BCUT2D eigenvalue weighted by Crippen LogP contribution is -2.39. The number of H-pyrrole nitrogens is 1. The molecule has 2 aromatic rings. The van der Waals surface area contributed by atoms with E-state index in [-0.39, 0.29) is 16.6 Å². The fourth-order valence-electron chi connectivity index (χ4n) is 5.22. The predicted octanol–water partition coefficient (Wildman–Crippen LogP) is 4.16. The molecule has 0 aliphatic carbocycles. The number of nitrogens with zero attached hydrogens (tertiary/aromatic N) is 1. The summed E-state index contributed by atoms with van der Waals surface area (Å²) >= 11 is 1.63. The first-order chi connectivity index (χ1) is 12.6. The van der Waals surface area contributed by atoms with Crippen molar-refractivity contribution in [2.45, 2.75) is 43.9 Å². The van der Waals surface area contributed by atoms with Crippen molar-refractivity contribution in [1.29, 1.82) is 0 Å². The SMILES string of the molecule is CC[C@]1(CC(SC)C(=O)OC)CCN2CCc3c([nH]c4ccccc34)[C@@H]21. The van der Waals surface area contributed by atoms with Gasteiger partial charge in [-0.25, -0.2) is 0 Å². The third kappa shape index (κ3) is 2.67. The molecular weight excluding hydrogens is 344 g/mol. The zero-order valence-corrected chi connectivity index (χ0v) is 16.7. The van der Waals surface area contributed by atoms with Crippen LogP contribution in [-0.2, 0) is 16.0 Å².